The number of methoxy groups -OCH3 is 2. The van der Waals surface area contributed by atoms with Crippen molar-refractivity contribution in [2.75, 3.05) is 30.2 Å². The van der Waals surface area contributed by atoms with Crippen LogP contribution in [-0.4, -0.2) is 46.8 Å². The average Bonchev–Trinajstić information content (AvgIpc) is 3.45. The Morgan fingerprint density at radius 3 is 2.80 bits per heavy atom. The second-order valence-electron chi connectivity index (χ2n) is 8.97. The van der Waals surface area contributed by atoms with Gasteiger partial charge in [0, 0.05) is 35.5 Å². The minimum atomic E-state index is -0.702. The highest BCUT2D eigenvalue weighted by atomic mass is 35.5. The Labute approximate surface area is 249 Å². The minimum Gasteiger partial charge on any atom is -0.497 e. The Morgan fingerprint density at radius 2 is 2.10 bits per heavy atom. The number of carbonyl (C=O) groups is 2. The molecule has 210 valence electrons. The average molecular weight is 610 g/mol. The molecule has 0 fully saturated rings. The van der Waals surface area contributed by atoms with E-state index >= 15 is 0 Å². The van der Waals surface area contributed by atoms with Gasteiger partial charge in [0.1, 0.15) is 23.1 Å². The van der Waals surface area contributed by atoms with E-state index in [1.165, 1.54) is 36.4 Å². The van der Waals surface area contributed by atoms with Gasteiger partial charge >= 0.3 is 0 Å². The van der Waals surface area contributed by atoms with Crippen molar-refractivity contribution in [2.45, 2.75) is 29.5 Å². The van der Waals surface area contributed by atoms with Gasteiger partial charge in [0.15, 0.2) is 10.1 Å². The molecule has 0 saturated carbocycles. The quantitative estimate of drug-likeness (QED) is 0.343. The Bertz CT molecular complexity index is 1610. The molecule has 0 radical (unpaired) electrons. The number of hydrogen-bond acceptors (Lipinski definition) is 12. The highest BCUT2D eigenvalue weighted by Crippen LogP contribution is 2.49. The maximum absolute atomic E-state index is 13.4. The van der Waals surface area contributed by atoms with Crippen molar-refractivity contribution in [3.05, 3.63) is 69.8 Å². The zero-order valence-electron chi connectivity index (χ0n) is 22.0. The Morgan fingerprint density at radius 1 is 1.27 bits per heavy atom. The van der Waals surface area contributed by atoms with E-state index in [0.717, 1.165) is 0 Å². The van der Waals surface area contributed by atoms with Gasteiger partial charge in [0.2, 0.25) is 11.0 Å². The van der Waals surface area contributed by atoms with E-state index in [9.17, 15) is 14.9 Å². The monoisotopic (exact) mass is 609 g/mol. The van der Waals surface area contributed by atoms with Crippen LogP contribution in [0.5, 0.6) is 11.5 Å². The molecule has 1 unspecified atom stereocenters. The van der Waals surface area contributed by atoms with Crippen molar-refractivity contribution in [3.63, 3.8) is 0 Å². The number of carbonyl (C=O) groups excluding carboxylic acids is 2. The van der Waals surface area contributed by atoms with Crippen LogP contribution in [0.1, 0.15) is 30.7 Å². The maximum atomic E-state index is 13.4. The molecule has 5 rings (SSSR count). The van der Waals surface area contributed by atoms with E-state index < -0.39 is 5.92 Å². The van der Waals surface area contributed by atoms with Crippen molar-refractivity contribution in [3.8, 4) is 17.6 Å². The Balaban J connectivity index is 1.45. The largest absolute Gasteiger partial charge is 0.497 e. The molecule has 1 atom stereocenters. The molecule has 1 aromatic carbocycles. The number of allylic oxidation sites excluding steroid dienone is 3. The lowest BCUT2D eigenvalue weighted by molar-refractivity contribution is -0.116. The smallest absolute Gasteiger partial charge is 0.235 e. The Kier molecular flexibility index (Phi) is 8.44. The first kappa shape index (κ1) is 28.4. The number of anilines is 2. The highest BCUT2D eigenvalue weighted by Gasteiger charge is 2.42. The lowest BCUT2D eigenvalue weighted by Gasteiger charge is -2.38. The number of pyridine rings is 1. The molecule has 14 heteroatoms. The normalized spacial score (nSPS) is 16.8. The molecule has 0 spiro atoms. The number of aromatic nitrogens is 3. The molecule has 1 aliphatic heterocycles. The van der Waals surface area contributed by atoms with E-state index in [1.54, 1.807) is 42.3 Å². The number of ether oxygens (including phenoxy) is 2. The van der Waals surface area contributed by atoms with Crippen LogP contribution >= 0.6 is 34.7 Å². The van der Waals surface area contributed by atoms with Crippen molar-refractivity contribution >= 4 is 57.3 Å². The summed E-state index contributed by atoms with van der Waals surface area (Å²) >= 11 is 8.25. The summed E-state index contributed by atoms with van der Waals surface area (Å²) in [6.07, 6.45) is 3.00. The first-order valence-corrected chi connectivity index (χ1v) is 14.6. The summed E-state index contributed by atoms with van der Waals surface area (Å²) in [5.74, 6) is 0.651. The van der Waals surface area contributed by atoms with Crippen LogP contribution in [0.2, 0.25) is 5.02 Å². The lowest BCUT2D eigenvalue weighted by Crippen LogP contribution is -2.38. The van der Waals surface area contributed by atoms with E-state index in [4.69, 9.17) is 26.8 Å². The van der Waals surface area contributed by atoms with Gasteiger partial charge in [-0.25, -0.2) is 4.98 Å². The third kappa shape index (κ3) is 5.72. The maximum Gasteiger partial charge on any atom is 0.235 e. The van der Waals surface area contributed by atoms with Gasteiger partial charge in [0.25, 0.3) is 0 Å². The number of rotatable bonds is 8. The third-order valence-corrected chi connectivity index (χ3v) is 8.84. The number of ketones is 1. The van der Waals surface area contributed by atoms with E-state index in [0.29, 0.717) is 67.9 Å². The number of nitrogens with one attached hydrogen (secondary N) is 1. The van der Waals surface area contributed by atoms with Crippen molar-refractivity contribution < 1.29 is 19.1 Å². The number of nitrogens with zero attached hydrogens (tertiary/aromatic N) is 5. The predicted octanol–water partition coefficient (Wildman–Crippen LogP) is 4.64. The molecule has 0 saturated heterocycles. The molecular weight excluding hydrogens is 586 g/mol. The van der Waals surface area contributed by atoms with Gasteiger partial charge in [-0.15, -0.1) is 10.2 Å². The molecule has 3 heterocycles. The topological polar surface area (TPSA) is 156 Å². The molecule has 3 N–H and O–H groups in total. The summed E-state index contributed by atoms with van der Waals surface area (Å²) in [5.41, 5.74) is 8.67. The second kappa shape index (κ2) is 12.2. The van der Waals surface area contributed by atoms with Crippen molar-refractivity contribution in [2.24, 2.45) is 5.73 Å². The number of benzene rings is 1. The Hall–Kier alpha value is -4.12. The van der Waals surface area contributed by atoms with Gasteiger partial charge in [-0.3, -0.25) is 14.5 Å². The number of halogens is 1. The molecule has 1 amide bonds. The van der Waals surface area contributed by atoms with Gasteiger partial charge in [-0.2, -0.15) is 5.26 Å². The van der Waals surface area contributed by atoms with Crippen LogP contribution in [0.3, 0.4) is 0 Å². The van der Waals surface area contributed by atoms with Crippen LogP contribution in [0.25, 0.3) is 0 Å². The fraction of sp³-hybridized carbons (Fsp3) is 0.259. The first-order valence-electron chi connectivity index (χ1n) is 12.4. The predicted molar refractivity (Wildman–Crippen MR) is 156 cm³/mol. The molecule has 2 aromatic heterocycles. The SMILES string of the molecule is COc1ccc(C2C(C#N)=C(N)N(c3nnc(SCC(=O)Nc4ccc(Cl)cn4)s3)C3=C2C(=O)CCC3)c(OC)c1. The van der Waals surface area contributed by atoms with E-state index in [2.05, 4.69) is 26.6 Å². The summed E-state index contributed by atoms with van der Waals surface area (Å²) < 4.78 is 11.5. The summed E-state index contributed by atoms with van der Waals surface area (Å²) in [4.78, 5) is 31.5. The van der Waals surface area contributed by atoms with E-state index in [1.807, 2.05) is 0 Å². The lowest BCUT2D eigenvalue weighted by atomic mass is 9.75. The second-order valence-corrected chi connectivity index (χ2v) is 11.6. The zero-order chi connectivity index (χ0) is 29.1. The fourth-order valence-corrected chi connectivity index (χ4v) is 6.57. The van der Waals surface area contributed by atoms with Crippen LogP contribution in [0, 0.1) is 11.3 Å². The molecule has 41 heavy (non-hydrogen) atoms. The number of Topliss-reactive ketones (excluding diaryl/α,β-unsaturated/α-hetero) is 1. The highest BCUT2D eigenvalue weighted by molar-refractivity contribution is 8.01. The van der Waals surface area contributed by atoms with Gasteiger partial charge in [-0.1, -0.05) is 40.8 Å². The number of hydrogen-bond donors (Lipinski definition) is 2. The number of amides is 1. The third-order valence-electron chi connectivity index (χ3n) is 6.57. The molecule has 3 aromatic rings. The van der Waals surface area contributed by atoms with Gasteiger partial charge in [0.05, 0.1) is 42.6 Å². The van der Waals surface area contributed by atoms with Crippen LogP contribution in [0.15, 0.2) is 63.5 Å². The first-order chi connectivity index (χ1) is 19.8. The molecule has 2 aliphatic rings. The van der Waals surface area contributed by atoms with Crippen LogP contribution < -0.4 is 25.4 Å². The van der Waals surface area contributed by atoms with Gasteiger partial charge < -0.3 is 20.5 Å². The summed E-state index contributed by atoms with van der Waals surface area (Å²) in [6.45, 7) is 0. The van der Waals surface area contributed by atoms with Crippen molar-refractivity contribution in [1.82, 2.24) is 15.2 Å². The minimum absolute atomic E-state index is 0.0639. The number of nitriles is 1. The molecular formula is C27H24ClN7O4S2. The number of thioether (sulfide) groups is 1. The molecule has 0 bridgehead atoms. The summed E-state index contributed by atoms with van der Waals surface area (Å²) in [7, 11) is 3.08. The van der Waals surface area contributed by atoms with Crippen LogP contribution in [-0.2, 0) is 9.59 Å². The molecule has 1 aliphatic carbocycles. The molecule has 11 nitrogen and oxygen atoms in total. The summed E-state index contributed by atoms with van der Waals surface area (Å²) in [5, 5.41) is 22.4. The van der Waals surface area contributed by atoms with Crippen molar-refractivity contribution in [1.29, 1.82) is 5.26 Å². The zero-order valence-corrected chi connectivity index (χ0v) is 24.4. The van der Waals surface area contributed by atoms with Gasteiger partial charge in [-0.05, 0) is 31.0 Å². The summed E-state index contributed by atoms with van der Waals surface area (Å²) in [6, 6.07) is 10.7. The number of nitrogens with two attached hydrogens (primary N) is 1. The van der Waals surface area contributed by atoms with E-state index in [-0.39, 0.29) is 28.8 Å². The van der Waals surface area contributed by atoms with Crippen LogP contribution in [0.4, 0.5) is 10.9 Å². The fourth-order valence-electron chi connectivity index (χ4n) is 4.78. The standard InChI is InChI=1S/C27H24ClN7O4S2/c1-38-15-7-8-16(20(10-15)39-2)23-17(11-29)25(30)35(18-4-3-5-19(36)24(18)23)26-33-34-27(41-26)40-13-22(37)32-21-9-6-14(28)12-31-21/h6-10,12,23H,3-5,13,30H2,1-2H3,(H,31,32,37).